The summed E-state index contributed by atoms with van der Waals surface area (Å²) in [5.41, 5.74) is -2.34. The number of carbonyl (C=O) groups is 1. The van der Waals surface area contributed by atoms with Crippen LogP contribution in [0.15, 0.2) is 6.20 Å². The van der Waals surface area contributed by atoms with Crippen molar-refractivity contribution in [1.82, 2.24) is 4.98 Å². The Kier molecular flexibility index (Phi) is 4.26. The number of nitrogens with zero attached hydrogens (tertiary/aromatic N) is 2. The van der Waals surface area contributed by atoms with Crippen LogP contribution in [0.5, 0.6) is 0 Å². The van der Waals surface area contributed by atoms with E-state index in [1.807, 2.05) is 0 Å². The number of alkyl halides is 2. The normalized spacial score (nSPS) is 10.4. The summed E-state index contributed by atoms with van der Waals surface area (Å²) in [6.45, 7) is 0. The lowest BCUT2D eigenvalue weighted by Crippen LogP contribution is -2.12. The lowest BCUT2D eigenvalue weighted by Gasteiger charge is -2.07. The molecule has 17 heavy (non-hydrogen) atoms. The van der Waals surface area contributed by atoms with Crippen molar-refractivity contribution in [2.45, 2.75) is 6.43 Å². The average Bonchev–Trinajstić information content (AvgIpc) is 2.26. The predicted octanol–water partition coefficient (Wildman–Crippen LogP) is 2.32. The molecular weight excluding hydrogens is 353 g/mol. The summed E-state index contributed by atoms with van der Waals surface area (Å²) in [5, 5.41) is 10.7. The van der Waals surface area contributed by atoms with Crippen molar-refractivity contribution in [3.8, 4) is 0 Å². The van der Waals surface area contributed by atoms with Gasteiger partial charge >= 0.3 is 11.7 Å². The van der Waals surface area contributed by atoms with Crippen molar-refractivity contribution in [1.29, 1.82) is 0 Å². The Labute approximate surface area is 107 Å². The molecule has 0 N–H and O–H groups in total. The van der Waals surface area contributed by atoms with E-state index >= 15 is 0 Å². The topological polar surface area (TPSA) is 82.3 Å². The highest BCUT2D eigenvalue weighted by atomic mass is 127. The summed E-state index contributed by atoms with van der Waals surface area (Å²) in [4.78, 5) is 24.6. The van der Waals surface area contributed by atoms with Crippen LogP contribution in [0.1, 0.15) is 22.3 Å². The molecule has 0 fully saturated rings. The van der Waals surface area contributed by atoms with Gasteiger partial charge in [-0.25, -0.2) is 18.6 Å². The molecule has 1 rings (SSSR count). The van der Waals surface area contributed by atoms with Crippen LogP contribution in [-0.4, -0.2) is 23.0 Å². The van der Waals surface area contributed by atoms with Gasteiger partial charge in [0.2, 0.25) is 0 Å². The van der Waals surface area contributed by atoms with Gasteiger partial charge in [-0.05, 0) is 22.6 Å². The quantitative estimate of drug-likeness (QED) is 0.272. The lowest BCUT2D eigenvalue weighted by atomic mass is 10.1. The minimum atomic E-state index is -3.05. The van der Waals surface area contributed by atoms with Crippen molar-refractivity contribution in [2.75, 3.05) is 7.11 Å². The number of methoxy groups -OCH3 is 1. The zero-order valence-electron chi connectivity index (χ0n) is 8.32. The van der Waals surface area contributed by atoms with Crippen molar-refractivity contribution < 1.29 is 23.2 Å². The number of esters is 1. The van der Waals surface area contributed by atoms with E-state index in [1.165, 1.54) is 22.6 Å². The second kappa shape index (κ2) is 5.29. The molecule has 0 unspecified atom stereocenters. The molecule has 0 saturated carbocycles. The standard InChI is InChI=1S/C8H5F2IN2O4/c1-17-8(14)4-3(6(9)10)2-12-7(11)5(4)13(15)16/h2,6H,1H3. The molecule has 1 heterocycles. The van der Waals surface area contributed by atoms with E-state index < -0.39 is 34.1 Å². The van der Waals surface area contributed by atoms with Crippen molar-refractivity contribution in [3.63, 3.8) is 0 Å². The molecule has 0 aromatic carbocycles. The number of hydrogen-bond acceptors (Lipinski definition) is 5. The third-order valence-electron chi connectivity index (χ3n) is 1.85. The van der Waals surface area contributed by atoms with E-state index in [2.05, 4.69) is 9.72 Å². The molecule has 1 aromatic heterocycles. The molecule has 0 aliphatic heterocycles. The summed E-state index contributed by atoms with van der Waals surface area (Å²) < 4.78 is 29.4. The second-order valence-corrected chi connectivity index (χ2v) is 3.80. The molecule has 0 aliphatic carbocycles. The van der Waals surface area contributed by atoms with E-state index in [0.29, 0.717) is 0 Å². The Balaban J connectivity index is 3.61. The molecule has 0 radical (unpaired) electrons. The van der Waals surface area contributed by atoms with Crippen molar-refractivity contribution >= 4 is 34.2 Å². The first-order valence-corrected chi connectivity index (χ1v) is 5.17. The van der Waals surface area contributed by atoms with Gasteiger partial charge in [0.05, 0.1) is 17.6 Å². The maximum atomic E-state index is 12.6. The van der Waals surface area contributed by atoms with Gasteiger partial charge in [0.1, 0.15) is 0 Å². The molecule has 9 heteroatoms. The van der Waals surface area contributed by atoms with Crippen LogP contribution in [-0.2, 0) is 4.74 Å². The van der Waals surface area contributed by atoms with Crippen LogP contribution in [0.25, 0.3) is 0 Å². The fourth-order valence-corrected chi connectivity index (χ4v) is 1.75. The predicted molar refractivity (Wildman–Crippen MR) is 59.9 cm³/mol. The third kappa shape index (κ3) is 2.65. The molecular formula is C8H5F2IN2O4. The number of aromatic nitrogens is 1. The largest absolute Gasteiger partial charge is 0.465 e. The van der Waals surface area contributed by atoms with E-state index in [0.717, 1.165) is 13.3 Å². The Morgan fingerprint density at radius 1 is 1.65 bits per heavy atom. The molecule has 0 amide bonds. The zero-order chi connectivity index (χ0) is 13.2. The minimum Gasteiger partial charge on any atom is -0.465 e. The number of halogens is 3. The van der Waals surface area contributed by atoms with E-state index in [4.69, 9.17) is 0 Å². The first-order valence-electron chi connectivity index (χ1n) is 4.09. The summed E-state index contributed by atoms with van der Waals surface area (Å²) in [6.07, 6.45) is -2.32. The number of rotatable bonds is 3. The van der Waals surface area contributed by atoms with Gasteiger partial charge in [-0.15, -0.1) is 0 Å². The second-order valence-electron chi connectivity index (χ2n) is 2.78. The van der Waals surface area contributed by atoms with Crippen LogP contribution >= 0.6 is 22.6 Å². The summed E-state index contributed by atoms with van der Waals surface area (Å²) >= 11 is 1.49. The molecule has 1 aromatic rings. The Morgan fingerprint density at radius 2 is 2.24 bits per heavy atom. The Bertz CT molecular complexity index is 481. The SMILES string of the molecule is COC(=O)c1c(C(F)F)cnc(I)c1[N+](=O)[O-]. The molecule has 0 bridgehead atoms. The fraction of sp³-hybridized carbons (Fsp3) is 0.250. The van der Waals surface area contributed by atoms with E-state index in [1.54, 1.807) is 0 Å². The highest BCUT2D eigenvalue weighted by Gasteiger charge is 2.32. The summed E-state index contributed by atoms with van der Waals surface area (Å²) in [6, 6.07) is 0. The Morgan fingerprint density at radius 3 is 2.65 bits per heavy atom. The van der Waals surface area contributed by atoms with Gasteiger partial charge in [-0.2, -0.15) is 0 Å². The molecule has 0 aliphatic rings. The molecule has 0 atom stereocenters. The lowest BCUT2D eigenvalue weighted by molar-refractivity contribution is -0.386. The van der Waals surface area contributed by atoms with Crippen LogP contribution in [0.3, 0.4) is 0 Å². The smallest absolute Gasteiger partial charge is 0.345 e. The highest BCUT2D eigenvalue weighted by molar-refractivity contribution is 14.1. The third-order valence-corrected chi connectivity index (χ3v) is 2.63. The van der Waals surface area contributed by atoms with Gasteiger partial charge in [0, 0.05) is 6.20 Å². The van der Waals surface area contributed by atoms with Gasteiger partial charge in [-0.3, -0.25) is 10.1 Å². The minimum absolute atomic E-state index is 0.155. The Hall–Kier alpha value is -1.39. The van der Waals surface area contributed by atoms with Crippen LogP contribution in [0.2, 0.25) is 0 Å². The molecule has 0 spiro atoms. The van der Waals surface area contributed by atoms with Gasteiger partial charge in [0.25, 0.3) is 6.43 Å². The molecule has 92 valence electrons. The summed E-state index contributed by atoms with van der Waals surface area (Å²) in [5.74, 6) is -1.19. The number of hydrogen-bond donors (Lipinski definition) is 0. The van der Waals surface area contributed by atoms with E-state index in [9.17, 15) is 23.7 Å². The maximum absolute atomic E-state index is 12.6. The molecule has 6 nitrogen and oxygen atoms in total. The molecule has 0 saturated heterocycles. The van der Waals surface area contributed by atoms with Gasteiger partial charge < -0.3 is 4.74 Å². The number of carbonyl (C=O) groups excluding carboxylic acids is 1. The van der Waals surface area contributed by atoms with E-state index in [-0.39, 0.29) is 3.70 Å². The van der Waals surface area contributed by atoms with Gasteiger partial charge in [0.15, 0.2) is 9.26 Å². The monoisotopic (exact) mass is 358 g/mol. The van der Waals surface area contributed by atoms with Crippen molar-refractivity contribution in [3.05, 3.63) is 31.1 Å². The summed E-state index contributed by atoms with van der Waals surface area (Å²) in [7, 11) is 0.953. The number of ether oxygens (including phenoxy) is 1. The van der Waals surface area contributed by atoms with Crippen LogP contribution < -0.4 is 0 Å². The van der Waals surface area contributed by atoms with Crippen LogP contribution in [0, 0.1) is 13.8 Å². The highest BCUT2D eigenvalue weighted by Crippen LogP contribution is 2.32. The fourth-order valence-electron chi connectivity index (χ4n) is 1.14. The van der Waals surface area contributed by atoms with Crippen molar-refractivity contribution in [2.24, 2.45) is 0 Å². The maximum Gasteiger partial charge on any atom is 0.345 e. The number of nitro groups is 1. The first-order chi connectivity index (χ1) is 7.90. The van der Waals surface area contributed by atoms with Gasteiger partial charge in [-0.1, -0.05) is 0 Å². The number of pyridine rings is 1. The van der Waals surface area contributed by atoms with Crippen LogP contribution in [0.4, 0.5) is 14.5 Å². The average molecular weight is 358 g/mol. The zero-order valence-corrected chi connectivity index (χ0v) is 10.5. The first kappa shape index (κ1) is 13.7.